The molecular weight excluding hydrogens is 400 g/mol. The van der Waals surface area contributed by atoms with E-state index in [4.69, 9.17) is 10.00 Å². The van der Waals surface area contributed by atoms with E-state index < -0.39 is 5.97 Å². The fourth-order valence-corrected chi connectivity index (χ4v) is 3.54. The van der Waals surface area contributed by atoms with Crippen LogP contribution < -0.4 is 0 Å². The number of halogens is 1. The number of rotatable bonds is 4. The Morgan fingerprint density at radius 2 is 1.80 bits per heavy atom. The summed E-state index contributed by atoms with van der Waals surface area (Å²) in [5.74, 6) is -0.395. The minimum atomic E-state index is -0.395. The number of benzene rings is 2. The molecular formula is C19H13BrN2O2S. The van der Waals surface area contributed by atoms with Gasteiger partial charge in [0.15, 0.2) is 0 Å². The first-order chi connectivity index (χ1) is 12.1. The zero-order chi connectivity index (χ0) is 17.8. The molecule has 0 aliphatic carbocycles. The molecule has 1 heterocycles. The molecule has 0 bridgehead atoms. The molecule has 0 unspecified atom stereocenters. The lowest BCUT2D eigenvalue weighted by Crippen LogP contribution is -2.06. The normalized spacial score (nSPS) is 10.3. The zero-order valence-electron chi connectivity index (χ0n) is 13.3. The van der Waals surface area contributed by atoms with E-state index in [9.17, 15) is 4.79 Å². The standard InChI is InChI=1S/C19H13BrN2O2S/c1-2-24-19(23)16-17(13-5-3-12(11-21)4-6-13)22-25-18(16)14-7-9-15(20)10-8-14/h3-10H,2H2,1H3. The molecule has 1 aromatic heterocycles. The van der Waals surface area contributed by atoms with E-state index in [1.807, 2.05) is 24.3 Å². The highest BCUT2D eigenvalue weighted by Crippen LogP contribution is 2.36. The predicted octanol–water partition coefficient (Wildman–Crippen LogP) is 5.29. The number of esters is 1. The van der Waals surface area contributed by atoms with Crippen molar-refractivity contribution in [2.45, 2.75) is 6.92 Å². The average Bonchev–Trinajstić information content (AvgIpc) is 3.08. The molecule has 6 heteroatoms. The summed E-state index contributed by atoms with van der Waals surface area (Å²) in [4.78, 5) is 13.3. The van der Waals surface area contributed by atoms with Crippen LogP contribution in [0.3, 0.4) is 0 Å². The van der Waals surface area contributed by atoms with E-state index in [0.29, 0.717) is 23.4 Å². The summed E-state index contributed by atoms with van der Waals surface area (Å²) in [6.07, 6.45) is 0. The van der Waals surface area contributed by atoms with Crippen molar-refractivity contribution in [1.82, 2.24) is 4.37 Å². The number of carbonyl (C=O) groups excluding carboxylic acids is 1. The first kappa shape index (κ1) is 17.3. The molecule has 0 aliphatic rings. The van der Waals surface area contributed by atoms with Crippen LogP contribution in [-0.2, 0) is 4.74 Å². The molecule has 0 radical (unpaired) electrons. The fraction of sp³-hybridized carbons (Fsp3) is 0.105. The van der Waals surface area contributed by atoms with Crippen molar-refractivity contribution in [3.63, 3.8) is 0 Å². The third kappa shape index (κ3) is 3.63. The van der Waals surface area contributed by atoms with Gasteiger partial charge in [-0.05, 0) is 48.3 Å². The Hall–Kier alpha value is -2.49. The van der Waals surface area contributed by atoms with Crippen LogP contribution in [0.25, 0.3) is 21.7 Å². The third-order valence-corrected chi connectivity index (χ3v) is 4.99. The average molecular weight is 413 g/mol. The number of nitriles is 1. The van der Waals surface area contributed by atoms with Gasteiger partial charge in [-0.15, -0.1) is 0 Å². The topological polar surface area (TPSA) is 63.0 Å². The predicted molar refractivity (Wildman–Crippen MR) is 101 cm³/mol. The molecule has 0 spiro atoms. The van der Waals surface area contributed by atoms with E-state index in [0.717, 1.165) is 20.5 Å². The first-order valence-corrected chi connectivity index (χ1v) is 9.14. The van der Waals surface area contributed by atoms with E-state index in [1.165, 1.54) is 11.5 Å². The van der Waals surface area contributed by atoms with Gasteiger partial charge in [-0.3, -0.25) is 0 Å². The molecule has 3 aromatic rings. The van der Waals surface area contributed by atoms with Crippen LogP contribution in [0.1, 0.15) is 22.8 Å². The second-order valence-corrected chi connectivity index (χ2v) is 6.84. The molecule has 2 aromatic carbocycles. The molecule has 25 heavy (non-hydrogen) atoms. The van der Waals surface area contributed by atoms with Crippen molar-refractivity contribution in [3.05, 3.63) is 64.1 Å². The monoisotopic (exact) mass is 412 g/mol. The number of hydrogen-bond acceptors (Lipinski definition) is 5. The molecule has 0 saturated heterocycles. The van der Waals surface area contributed by atoms with E-state index in [-0.39, 0.29) is 0 Å². The van der Waals surface area contributed by atoms with Crippen molar-refractivity contribution in [2.24, 2.45) is 0 Å². The lowest BCUT2D eigenvalue weighted by molar-refractivity contribution is 0.0528. The number of ether oxygens (including phenoxy) is 1. The number of aromatic nitrogens is 1. The Morgan fingerprint density at radius 1 is 1.16 bits per heavy atom. The Bertz CT molecular complexity index is 941. The van der Waals surface area contributed by atoms with Crippen LogP contribution in [0.15, 0.2) is 53.0 Å². The van der Waals surface area contributed by atoms with Crippen molar-refractivity contribution in [2.75, 3.05) is 6.61 Å². The van der Waals surface area contributed by atoms with Gasteiger partial charge in [-0.1, -0.05) is 40.2 Å². The lowest BCUT2D eigenvalue weighted by Gasteiger charge is -2.06. The summed E-state index contributed by atoms with van der Waals surface area (Å²) < 4.78 is 10.7. The number of hydrogen-bond donors (Lipinski definition) is 0. The first-order valence-electron chi connectivity index (χ1n) is 7.57. The Labute approximate surface area is 158 Å². The van der Waals surface area contributed by atoms with Gasteiger partial charge in [-0.2, -0.15) is 9.64 Å². The van der Waals surface area contributed by atoms with Gasteiger partial charge in [0, 0.05) is 10.0 Å². The van der Waals surface area contributed by atoms with Crippen LogP contribution in [0.5, 0.6) is 0 Å². The van der Waals surface area contributed by atoms with Gasteiger partial charge < -0.3 is 4.74 Å². The van der Waals surface area contributed by atoms with E-state index in [1.54, 1.807) is 31.2 Å². The van der Waals surface area contributed by atoms with Gasteiger partial charge in [-0.25, -0.2) is 4.79 Å². The van der Waals surface area contributed by atoms with Crippen LogP contribution in [-0.4, -0.2) is 16.9 Å². The van der Waals surface area contributed by atoms with Crippen molar-refractivity contribution in [3.8, 4) is 27.8 Å². The quantitative estimate of drug-likeness (QED) is 0.546. The maximum atomic E-state index is 12.6. The summed E-state index contributed by atoms with van der Waals surface area (Å²) in [7, 11) is 0. The Balaban J connectivity index is 2.13. The second-order valence-electron chi connectivity index (χ2n) is 5.15. The summed E-state index contributed by atoms with van der Waals surface area (Å²) in [6, 6.07) is 16.8. The van der Waals surface area contributed by atoms with Gasteiger partial charge in [0.2, 0.25) is 0 Å². The van der Waals surface area contributed by atoms with Crippen LogP contribution >= 0.6 is 27.5 Å². The molecule has 4 nitrogen and oxygen atoms in total. The van der Waals surface area contributed by atoms with Crippen molar-refractivity contribution in [1.29, 1.82) is 5.26 Å². The summed E-state index contributed by atoms with van der Waals surface area (Å²) in [6.45, 7) is 2.07. The molecule has 0 aliphatic heterocycles. The van der Waals surface area contributed by atoms with Gasteiger partial charge in [0.05, 0.1) is 28.8 Å². The minimum absolute atomic E-state index is 0.293. The SMILES string of the molecule is CCOC(=O)c1c(-c2ccc(C#N)cc2)nsc1-c1ccc(Br)cc1. The van der Waals surface area contributed by atoms with E-state index >= 15 is 0 Å². The molecule has 0 fully saturated rings. The maximum absolute atomic E-state index is 12.6. The highest BCUT2D eigenvalue weighted by molar-refractivity contribution is 9.10. The molecule has 124 valence electrons. The highest BCUT2D eigenvalue weighted by Gasteiger charge is 2.24. The Kier molecular flexibility index (Phi) is 5.27. The summed E-state index contributed by atoms with van der Waals surface area (Å²) in [5, 5.41) is 8.95. The fourth-order valence-electron chi connectivity index (χ4n) is 2.38. The zero-order valence-corrected chi connectivity index (χ0v) is 15.7. The van der Waals surface area contributed by atoms with Crippen LogP contribution in [0.2, 0.25) is 0 Å². The molecule has 3 rings (SSSR count). The van der Waals surface area contributed by atoms with Gasteiger partial charge >= 0.3 is 5.97 Å². The molecule has 0 N–H and O–H groups in total. The lowest BCUT2D eigenvalue weighted by atomic mass is 10.0. The van der Waals surface area contributed by atoms with Gasteiger partial charge in [0.1, 0.15) is 5.56 Å². The van der Waals surface area contributed by atoms with Crippen LogP contribution in [0, 0.1) is 11.3 Å². The van der Waals surface area contributed by atoms with Gasteiger partial charge in [0.25, 0.3) is 0 Å². The second kappa shape index (κ2) is 7.60. The smallest absolute Gasteiger partial charge is 0.341 e. The number of nitrogens with zero attached hydrogens (tertiary/aromatic N) is 2. The van der Waals surface area contributed by atoms with Crippen molar-refractivity contribution >= 4 is 33.4 Å². The molecule has 0 saturated carbocycles. The largest absolute Gasteiger partial charge is 0.462 e. The maximum Gasteiger partial charge on any atom is 0.341 e. The highest BCUT2D eigenvalue weighted by atomic mass is 79.9. The Morgan fingerprint density at radius 3 is 2.40 bits per heavy atom. The molecule has 0 amide bonds. The molecule has 0 atom stereocenters. The number of carbonyl (C=O) groups is 1. The third-order valence-electron chi connectivity index (χ3n) is 3.57. The van der Waals surface area contributed by atoms with Crippen molar-refractivity contribution < 1.29 is 9.53 Å². The summed E-state index contributed by atoms with van der Waals surface area (Å²) in [5.41, 5.74) is 3.28. The summed E-state index contributed by atoms with van der Waals surface area (Å²) >= 11 is 4.68. The van der Waals surface area contributed by atoms with E-state index in [2.05, 4.69) is 26.4 Å². The van der Waals surface area contributed by atoms with Crippen LogP contribution in [0.4, 0.5) is 0 Å². The minimum Gasteiger partial charge on any atom is -0.462 e.